The van der Waals surface area contributed by atoms with Crippen molar-refractivity contribution in [2.75, 3.05) is 5.32 Å². The van der Waals surface area contributed by atoms with Crippen LogP contribution >= 0.6 is 11.6 Å². The maximum Gasteiger partial charge on any atom is 0.0407 e. The molecule has 0 unspecified atom stereocenters. The van der Waals surface area contributed by atoms with Gasteiger partial charge in [0.25, 0.3) is 0 Å². The van der Waals surface area contributed by atoms with Crippen molar-refractivity contribution in [1.29, 1.82) is 0 Å². The molecule has 0 saturated heterocycles. The standard InChI is InChI=1S/C16H17ClN2/c17-13-3-7-15(8-4-13)19-16-6-2-11-9-14(18)5-1-12(11)10-16/h2-4,6-8,10,14,19H,1,5,9,18H2/t14-/m0/s1. The van der Waals surface area contributed by atoms with Crippen molar-refractivity contribution >= 4 is 23.0 Å². The second-order valence-corrected chi connectivity index (χ2v) is 5.55. The Hall–Kier alpha value is -1.51. The number of nitrogens with two attached hydrogens (primary N) is 1. The van der Waals surface area contributed by atoms with Gasteiger partial charge in [0.1, 0.15) is 0 Å². The van der Waals surface area contributed by atoms with Crippen LogP contribution in [0, 0.1) is 0 Å². The lowest BCUT2D eigenvalue weighted by Gasteiger charge is -2.22. The molecule has 3 rings (SSSR count). The largest absolute Gasteiger partial charge is 0.356 e. The van der Waals surface area contributed by atoms with E-state index < -0.39 is 0 Å². The predicted molar refractivity (Wildman–Crippen MR) is 81.2 cm³/mol. The van der Waals surface area contributed by atoms with Crippen molar-refractivity contribution < 1.29 is 0 Å². The summed E-state index contributed by atoms with van der Waals surface area (Å²) in [4.78, 5) is 0. The number of halogens is 1. The highest BCUT2D eigenvalue weighted by molar-refractivity contribution is 6.30. The van der Waals surface area contributed by atoms with Crippen molar-refractivity contribution in [3.8, 4) is 0 Å². The molecule has 0 amide bonds. The zero-order valence-electron chi connectivity index (χ0n) is 10.7. The van der Waals surface area contributed by atoms with E-state index in [1.807, 2.05) is 24.3 Å². The molecule has 2 aromatic carbocycles. The third-order valence-corrected chi connectivity index (χ3v) is 3.86. The van der Waals surface area contributed by atoms with Crippen LogP contribution in [-0.2, 0) is 12.8 Å². The van der Waals surface area contributed by atoms with Crippen LogP contribution in [0.2, 0.25) is 5.02 Å². The lowest BCUT2D eigenvalue weighted by molar-refractivity contribution is 0.577. The monoisotopic (exact) mass is 272 g/mol. The predicted octanol–water partition coefficient (Wildman–Crippen LogP) is 3.90. The van der Waals surface area contributed by atoms with Gasteiger partial charge in [-0.25, -0.2) is 0 Å². The molecule has 1 atom stereocenters. The van der Waals surface area contributed by atoms with Crippen molar-refractivity contribution in [2.24, 2.45) is 5.73 Å². The van der Waals surface area contributed by atoms with Gasteiger partial charge in [0.05, 0.1) is 0 Å². The zero-order valence-corrected chi connectivity index (χ0v) is 11.5. The van der Waals surface area contributed by atoms with E-state index in [0.29, 0.717) is 6.04 Å². The van der Waals surface area contributed by atoms with Crippen LogP contribution < -0.4 is 11.1 Å². The van der Waals surface area contributed by atoms with Crippen molar-refractivity contribution in [2.45, 2.75) is 25.3 Å². The van der Waals surface area contributed by atoms with E-state index in [0.717, 1.165) is 35.7 Å². The summed E-state index contributed by atoms with van der Waals surface area (Å²) in [6, 6.07) is 14.6. The minimum absolute atomic E-state index is 0.322. The minimum Gasteiger partial charge on any atom is -0.356 e. The van der Waals surface area contributed by atoms with E-state index in [9.17, 15) is 0 Å². The molecule has 3 heteroatoms. The Morgan fingerprint density at radius 2 is 1.74 bits per heavy atom. The van der Waals surface area contributed by atoms with Crippen LogP contribution in [0.3, 0.4) is 0 Å². The Morgan fingerprint density at radius 3 is 2.53 bits per heavy atom. The number of hydrogen-bond donors (Lipinski definition) is 2. The van der Waals surface area contributed by atoms with Crippen LogP contribution in [0.25, 0.3) is 0 Å². The second-order valence-electron chi connectivity index (χ2n) is 5.12. The Morgan fingerprint density at radius 1 is 1.00 bits per heavy atom. The normalized spacial score (nSPS) is 17.9. The molecule has 0 heterocycles. The summed E-state index contributed by atoms with van der Waals surface area (Å²) < 4.78 is 0. The average molecular weight is 273 g/mol. The number of nitrogens with one attached hydrogen (secondary N) is 1. The highest BCUT2D eigenvalue weighted by atomic mass is 35.5. The Balaban J connectivity index is 1.80. The molecule has 3 N–H and O–H groups in total. The molecule has 0 spiro atoms. The van der Waals surface area contributed by atoms with E-state index in [-0.39, 0.29) is 0 Å². The first-order chi connectivity index (χ1) is 9.20. The van der Waals surface area contributed by atoms with Crippen molar-refractivity contribution in [3.05, 3.63) is 58.6 Å². The maximum atomic E-state index is 6.00. The van der Waals surface area contributed by atoms with E-state index in [1.54, 1.807) is 0 Å². The average Bonchev–Trinajstić information content (AvgIpc) is 2.42. The van der Waals surface area contributed by atoms with E-state index >= 15 is 0 Å². The molecule has 19 heavy (non-hydrogen) atoms. The Kier molecular flexibility index (Phi) is 3.45. The Labute approximate surface area is 118 Å². The molecule has 0 aromatic heterocycles. The first kappa shape index (κ1) is 12.5. The van der Waals surface area contributed by atoms with E-state index in [4.69, 9.17) is 17.3 Å². The summed E-state index contributed by atoms with van der Waals surface area (Å²) in [6.45, 7) is 0. The lowest BCUT2D eigenvalue weighted by Crippen LogP contribution is -2.27. The van der Waals surface area contributed by atoms with Gasteiger partial charge in [0.15, 0.2) is 0 Å². The second kappa shape index (κ2) is 5.24. The van der Waals surface area contributed by atoms with Crippen LogP contribution in [0.4, 0.5) is 11.4 Å². The first-order valence-corrected chi connectivity index (χ1v) is 6.98. The summed E-state index contributed by atoms with van der Waals surface area (Å²) in [6.07, 6.45) is 3.15. The molecular formula is C16H17ClN2. The first-order valence-electron chi connectivity index (χ1n) is 6.61. The van der Waals surface area contributed by atoms with Gasteiger partial charge < -0.3 is 11.1 Å². The summed E-state index contributed by atoms with van der Waals surface area (Å²) in [5.74, 6) is 0. The Bertz CT molecular complexity index is 578. The fourth-order valence-corrected chi connectivity index (χ4v) is 2.69. The van der Waals surface area contributed by atoms with Crippen LogP contribution in [0.15, 0.2) is 42.5 Å². The van der Waals surface area contributed by atoms with Gasteiger partial charge in [-0.05, 0) is 66.8 Å². The zero-order chi connectivity index (χ0) is 13.2. The number of anilines is 2. The molecule has 98 valence electrons. The van der Waals surface area contributed by atoms with E-state index in [1.165, 1.54) is 11.1 Å². The van der Waals surface area contributed by atoms with Crippen molar-refractivity contribution in [3.63, 3.8) is 0 Å². The lowest BCUT2D eigenvalue weighted by atomic mass is 9.88. The van der Waals surface area contributed by atoms with Gasteiger partial charge in [0.2, 0.25) is 0 Å². The van der Waals surface area contributed by atoms with Gasteiger partial charge in [-0.2, -0.15) is 0 Å². The number of fused-ring (bicyclic) bond motifs is 1. The third-order valence-electron chi connectivity index (χ3n) is 3.61. The van der Waals surface area contributed by atoms with Gasteiger partial charge in [-0.15, -0.1) is 0 Å². The molecule has 1 aliphatic rings. The van der Waals surface area contributed by atoms with Crippen LogP contribution in [-0.4, -0.2) is 6.04 Å². The molecule has 2 aromatic rings. The van der Waals surface area contributed by atoms with Crippen molar-refractivity contribution in [1.82, 2.24) is 0 Å². The fraction of sp³-hybridized carbons (Fsp3) is 0.250. The molecular weight excluding hydrogens is 256 g/mol. The van der Waals surface area contributed by atoms with Gasteiger partial charge in [-0.3, -0.25) is 0 Å². The SMILES string of the molecule is N[C@H]1CCc2cc(Nc3ccc(Cl)cc3)ccc2C1. The maximum absolute atomic E-state index is 6.00. The van der Waals surface area contributed by atoms with Gasteiger partial charge in [0, 0.05) is 22.4 Å². The topological polar surface area (TPSA) is 38.0 Å². The van der Waals surface area contributed by atoms with Crippen LogP contribution in [0.1, 0.15) is 17.5 Å². The number of hydrogen-bond acceptors (Lipinski definition) is 2. The number of benzene rings is 2. The van der Waals surface area contributed by atoms with Gasteiger partial charge >= 0.3 is 0 Å². The minimum atomic E-state index is 0.322. The number of aryl methyl sites for hydroxylation is 1. The number of rotatable bonds is 2. The molecule has 0 bridgehead atoms. The smallest absolute Gasteiger partial charge is 0.0407 e. The van der Waals surface area contributed by atoms with Gasteiger partial charge in [-0.1, -0.05) is 17.7 Å². The summed E-state index contributed by atoms with van der Waals surface area (Å²) in [7, 11) is 0. The summed E-state index contributed by atoms with van der Waals surface area (Å²) in [5, 5.41) is 4.16. The quantitative estimate of drug-likeness (QED) is 0.870. The molecule has 0 radical (unpaired) electrons. The molecule has 0 aliphatic heterocycles. The highest BCUT2D eigenvalue weighted by Gasteiger charge is 2.15. The summed E-state index contributed by atoms with van der Waals surface area (Å²) in [5.41, 5.74) is 11.0. The highest BCUT2D eigenvalue weighted by Crippen LogP contribution is 2.26. The summed E-state index contributed by atoms with van der Waals surface area (Å²) >= 11 is 5.88. The molecule has 0 fully saturated rings. The molecule has 0 saturated carbocycles. The van der Waals surface area contributed by atoms with Crippen LogP contribution in [0.5, 0.6) is 0 Å². The third kappa shape index (κ3) is 2.91. The van der Waals surface area contributed by atoms with E-state index in [2.05, 4.69) is 23.5 Å². The fourth-order valence-electron chi connectivity index (χ4n) is 2.56. The molecule has 2 nitrogen and oxygen atoms in total. The molecule has 1 aliphatic carbocycles.